The standard InChI is InChI=1S/C26H35NO11.C9H8O4/c1-12-18(29)36-16-15(28)24-14-11-13(22(2,3)4)23(24)17(34-10-7-27-5-8-33-9-6-27)19(30)37-21(23)38-26(24,20(31)35-14)25(12,16)32;1-6(10)13-8-5-3-2-4-7(8)9(11)12/h12-17,21,28,32H,5-11H2,1-4H3;2-5H,1H3,(H,11,12)/t12?,13-,14?,15-,16?,17-,21-,23?,24?,25+,26+;/m0./s1. The molecule has 0 amide bonds. The number of morpholine rings is 1. The summed E-state index contributed by atoms with van der Waals surface area (Å²) in [5, 5.41) is 33.0. The van der Waals surface area contributed by atoms with E-state index in [4.69, 9.17) is 33.5 Å². The molecule has 2 spiro atoms. The molecule has 16 heteroatoms. The van der Waals surface area contributed by atoms with Crippen LogP contribution in [0.4, 0.5) is 0 Å². The molecular weight excluding hydrogens is 674 g/mol. The maximum atomic E-state index is 13.8. The van der Waals surface area contributed by atoms with Gasteiger partial charge < -0.3 is 48.5 Å². The minimum Gasteiger partial charge on any atom is -0.478 e. The number of benzene rings is 1. The smallest absolute Gasteiger partial charge is 0.343 e. The number of hydrogen-bond donors (Lipinski definition) is 3. The summed E-state index contributed by atoms with van der Waals surface area (Å²) in [6.07, 6.45) is -6.06. The van der Waals surface area contributed by atoms with Crippen molar-refractivity contribution in [1.82, 2.24) is 4.90 Å². The van der Waals surface area contributed by atoms with Gasteiger partial charge in [0.05, 0.1) is 36.6 Å². The van der Waals surface area contributed by atoms with Gasteiger partial charge in [0.25, 0.3) is 0 Å². The van der Waals surface area contributed by atoms with E-state index in [1.807, 2.05) is 20.8 Å². The van der Waals surface area contributed by atoms with Crippen molar-refractivity contribution in [3.8, 4) is 5.75 Å². The molecule has 1 aromatic rings. The average Bonchev–Trinajstić information content (AvgIpc) is 3.79. The largest absolute Gasteiger partial charge is 0.478 e. The first-order chi connectivity index (χ1) is 24.0. The molecule has 3 N–H and O–H groups in total. The highest BCUT2D eigenvalue weighted by molar-refractivity contribution is 5.94. The van der Waals surface area contributed by atoms with Crippen LogP contribution >= 0.6 is 0 Å². The van der Waals surface area contributed by atoms with Crippen LogP contribution in [0.3, 0.4) is 0 Å². The van der Waals surface area contributed by atoms with Gasteiger partial charge in [-0.2, -0.15) is 0 Å². The van der Waals surface area contributed by atoms with E-state index in [0.717, 1.165) is 13.1 Å². The number of carboxylic acids is 1. The molecule has 5 unspecified atom stereocenters. The van der Waals surface area contributed by atoms with E-state index in [0.29, 0.717) is 26.2 Å². The minimum absolute atomic E-state index is 0.0160. The Kier molecular flexibility index (Phi) is 8.36. The predicted octanol–water partition coefficient (Wildman–Crippen LogP) is 0.297. The zero-order chi connectivity index (χ0) is 36.9. The van der Waals surface area contributed by atoms with Crippen molar-refractivity contribution in [3.05, 3.63) is 29.8 Å². The minimum atomic E-state index is -2.22. The lowest BCUT2D eigenvalue weighted by Gasteiger charge is -2.48. The quantitative estimate of drug-likeness (QED) is 0.205. The fourth-order valence-corrected chi connectivity index (χ4v) is 10.3. The number of nitrogens with zero attached hydrogens (tertiary/aromatic N) is 1. The van der Waals surface area contributed by atoms with Gasteiger partial charge in [0, 0.05) is 26.6 Å². The van der Waals surface area contributed by atoms with Crippen LogP contribution in [0.1, 0.15) is 51.4 Å². The number of hydrogen-bond acceptors (Lipinski definition) is 15. The zero-order valence-corrected chi connectivity index (χ0v) is 29.0. The van der Waals surface area contributed by atoms with Crippen LogP contribution in [0.15, 0.2) is 24.3 Å². The zero-order valence-electron chi connectivity index (χ0n) is 29.0. The Morgan fingerprint density at radius 1 is 1.04 bits per heavy atom. The second kappa shape index (κ2) is 11.9. The van der Waals surface area contributed by atoms with E-state index in [1.165, 1.54) is 26.0 Å². The summed E-state index contributed by atoms with van der Waals surface area (Å²) in [7, 11) is 0. The van der Waals surface area contributed by atoms with Gasteiger partial charge in [-0.3, -0.25) is 14.5 Å². The molecule has 7 fully saturated rings. The summed E-state index contributed by atoms with van der Waals surface area (Å²) < 4.78 is 40.1. The maximum absolute atomic E-state index is 13.8. The van der Waals surface area contributed by atoms with Crippen LogP contribution in [-0.4, -0.2) is 131 Å². The second-order valence-corrected chi connectivity index (χ2v) is 15.4. The number of rotatable bonds is 6. The molecule has 0 bridgehead atoms. The Morgan fingerprint density at radius 2 is 1.73 bits per heavy atom. The number of carbonyl (C=O) groups is 5. The summed E-state index contributed by atoms with van der Waals surface area (Å²) in [6, 6.07) is 5.98. The Morgan fingerprint density at radius 3 is 2.37 bits per heavy atom. The maximum Gasteiger partial charge on any atom is 0.343 e. The lowest BCUT2D eigenvalue weighted by molar-refractivity contribution is -0.240. The van der Waals surface area contributed by atoms with E-state index in [2.05, 4.69) is 9.64 Å². The summed E-state index contributed by atoms with van der Waals surface area (Å²) in [5.41, 5.74) is -7.88. The average molecular weight is 718 g/mol. The normalized spacial score (nSPS) is 41.8. The van der Waals surface area contributed by atoms with Crippen molar-refractivity contribution in [2.24, 2.45) is 28.1 Å². The number of ether oxygens (including phenoxy) is 7. The SMILES string of the molecule is CC(=O)Oc1ccccc1C(=O)O.CC1C(=O)OC2[C@H](O)C34C5C[C@@H](C(C)(C)C)C36[C@@H](OC(=O)[C@@H]6OCCN3CCOCC3)O[C@@]4(C(=O)O5)[C@@]12O. The highest BCUT2D eigenvalue weighted by Gasteiger charge is 3.04. The Labute approximate surface area is 293 Å². The van der Waals surface area contributed by atoms with Crippen LogP contribution in [0, 0.1) is 28.1 Å². The van der Waals surface area contributed by atoms with E-state index in [1.54, 1.807) is 12.1 Å². The highest BCUT2D eigenvalue weighted by atomic mass is 16.8. The molecule has 16 nitrogen and oxygen atoms in total. The van der Waals surface area contributed by atoms with E-state index in [-0.39, 0.29) is 23.8 Å². The molecule has 7 aliphatic rings. The summed E-state index contributed by atoms with van der Waals surface area (Å²) in [6.45, 7) is 12.2. The molecule has 51 heavy (non-hydrogen) atoms. The third-order valence-corrected chi connectivity index (χ3v) is 12.1. The number of aliphatic hydroxyl groups excluding tert-OH is 1. The van der Waals surface area contributed by atoms with Gasteiger partial charge in [0.1, 0.15) is 23.5 Å². The van der Waals surface area contributed by atoms with Crippen LogP contribution in [-0.2, 0) is 47.6 Å². The molecule has 278 valence electrons. The molecule has 5 saturated heterocycles. The lowest BCUT2D eigenvalue weighted by atomic mass is 9.51. The van der Waals surface area contributed by atoms with E-state index >= 15 is 0 Å². The number of carboxylic acid groups (broad SMARTS) is 1. The van der Waals surface area contributed by atoms with Crippen molar-refractivity contribution in [2.75, 3.05) is 39.5 Å². The molecule has 8 rings (SSSR count). The second-order valence-electron chi connectivity index (χ2n) is 15.4. The van der Waals surface area contributed by atoms with E-state index < -0.39 is 93.9 Å². The first-order valence-corrected chi connectivity index (χ1v) is 17.1. The van der Waals surface area contributed by atoms with E-state index in [9.17, 15) is 34.2 Å². The van der Waals surface area contributed by atoms with Crippen molar-refractivity contribution in [3.63, 3.8) is 0 Å². The van der Waals surface area contributed by atoms with Crippen LogP contribution in [0.25, 0.3) is 0 Å². The fourth-order valence-electron chi connectivity index (χ4n) is 10.3. The number of aliphatic hydroxyl groups is 2. The fraction of sp³-hybridized carbons (Fsp3) is 0.686. The third-order valence-electron chi connectivity index (χ3n) is 12.1. The monoisotopic (exact) mass is 717 g/mol. The number of carbonyl (C=O) groups excluding carboxylic acids is 4. The highest BCUT2D eigenvalue weighted by Crippen LogP contribution is 2.84. The predicted molar refractivity (Wildman–Crippen MR) is 168 cm³/mol. The molecular formula is C35H43NO15. The molecule has 2 aliphatic carbocycles. The molecule has 5 heterocycles. The van der Waals surface area contributed by atoms with Gasteiger partial charge in [-0.15, -0.1) is 0 Å². The first kappa shape index (κ1) is 35.7. The third kappa shape index (κ3) is 4.43. The number of para-hydroxylation sites is 1. The van der Waals surface area contributed by atoms with Crippen molar-refractivity contribution in [2.45, 2.75) is 82.9 Å². The van der Waals surface area contributed by atoms with Gasteiger partial charge in [-0.1, -0.05) is 32.9 Å². The number of esters is 4. The van der Waals surface area contributed by atoms with Gasteiger partial charge >= 0.3 is 29.8 Å². The first-order valence-electron chi connectivity index (χ1n) is 17.1. The van der Waals surface area contributed by atoms with Gasteiger partial charge in [0.15, 0.2) is 17.8 Å². The van der Waals surface area contributed by atoms with Crippen molar-refractivity contribution in [1.29, 1.82) is 0 Å². The molecule has 2 saturated carbocycles. The summed E-state index contributed by atoms with van der Waals surface area (Å²) in [4.78, 5) is 63.3. The van der Waals surface area contributed by atoms with Crippen LogP contribution < -0.4 is 4.74 Å². The number of fused-ring (bicyclic) bond motifs is 1. The van der Waals surface area contributed by atoms with Crippen molar-refractivity contribution >= 4 is 29.8 Å². The van der Waals surface area contributed by atoms with Crippen LogP contribution in [0.5, 0.6) is 5.75 Å². The van der Waals surface area contributed by atoms with Crippen molar-refractivity contribution < 1.29 is 72.5 Å². The van der Waals surface area contributed by atoms with Gasteiger partial charge in [0.2, 0.25) is 11.9 Å². The molecule has 5 aliphatic heterocycles. The summed E-state index contributed by atoms with van der Waals surface area (Å²) >= 11 is 0. The summed E-state index contributed by atoms with van der Waals surface area (Å²) in [5.74, 6) is -5.39. The Balaban J connectivity index is 0.000000266. The van der Waals surface area contributed by atoms with Gasteiger partial charge in [-0.25, -0.2) is 14.4 Å². The van der Waals surface area contributed by atoms with Gasteiger partial charge in [-0.05, 0) is 36.8 Å². The Bertz CT molecular complexity index is 1650. The molecule has 11 atom stereocenters. The molecule has 0 aromatic heterocycles. The van der Waals surface area contributed by atoms with Crippen LogP contribution in [0.2, 0.25) is 0 Å². The topological polar surface area (TPSA) is 214 Å². The lowest BCUT2D eigenvalue weighted by Crippen LogP contribution is -2.67. The Hall–Kier alpha value is -3.67. The molecule has 1 aromatic carbocycles. The molecule has 0 radical (unpaired) electrons. The number of aromatic carboxylic acids is 1.